The second-order valence-electron chi connectivity index (χ2n) is 7.37. The first-order valence-corrected chi connectivity index (χ1v) is 10.4. The van der Waals surface area contributed by atoms with Crippen molar-refractivity contribution in [3.63, 3.8) is 0 Å². The average Bonchev–Trinajstić information content (AvgIpc) is 3.42. The number of anilines is 1. The molecule has 162 valence electrons. The number of aliphatic carboxylic acids is 1. The zero-order valence-corrected chi connectivity index (χ0v) is 17.6. The van der Waals surface area contributed by atoms with Crippen LogP contribution >= 0.6 is 11.6 Å². The van der Waals surface area contributed by atoms with E-state index in [0.717, 1.165) is 16.8 Å². The summed E-state index contributed by atoms with van der Waals surface area (Å²) in [5.74, 6) is 0.0912. The number of carbonyl (C=O) groups is 2. The Kier molecular flexibility index (Phi) is 5.99. The van der Waals surface area contributed by atoms with Crippen LogP contribution in [0.25, 0.3) is 11.6 Å². The highest BCUT2D eigenvalue weighted by Gasteiger charge is 2.28. The quantitative estimate of drug-likeness (QED) is 0.547. The lowest BCUT2D eigenvalue weighted by Crippen LogP contribution is -2.36. The summed E-state index contributed by atoms with van der Waals surface area (Å²) in [6.07, 6.45) is 2.18. The number of carbonyl (C=O) groups excluding carboxylic acids is 1. The molecule has 3 heterocycles. The van der Waals surface area contributed by atoms with Crippen molar-refractivity contribution in [2.45, 2.75) is 32.7 Å². The second-order valence-corrected chi connectivity index (χ2v) is 7.80. The van der Waals surface area contributed by atoms with Crippen LogP contribution in [0.3, 0.4) is 0 Å². The lowest BCUT2D eigenvalue weighted by atomic mass is 9.86. The molecule has 11 heteroatoms. The zero-order valence-electron chi connectivity index (χ0n) is 16.9. The fraction of sp³-hybridized carbons (Fsp3) is 0.400. The first kappa shape index (κ1) is 21.0. The first-order chi connectivity index (χ1) is 14.9. The molecule has 1 aromatic carbocycles. The number of Topliss-reactive ketones (excluding diaryl/α,β-unsaturated/α-hetero) is 1. The highest BCUT2D eigenvalue weighted by atomic mass is 35.5. The molecule has 0 radical (unpaired) electrons. The molecule has 0 saturated carbocycles. The second kappa shape index (κ2) is 8.84. The van der Waals surface area contributed by atoms with E-state index in [1.165, 1.54) is 0 Å². The van der Waals surface area contributed by atoms with Crippen molar-refractivity contribution in [2.24, 2.45) is 5.92 Å². The van der Waals surface area contributed by atoms with E-state index in [2.05, 4.69) is 20.6 Å². The van der Waals surface area contributed by atoms with Gasteiger partial charge in [0.1, 0.15) is 0 Å². The number of carboxylic acid groups (broad SMARTS) is 1. The smallest absolute Gasteiger partial charge is 0.327 e. The van der Waals surface area contributed by atoms with Crippen LogP contribution in [0.5, 0.6) is 0 Å². The van der Waals surface area contributed by atoms with Crippen molar-refractivity contribution in [1.82, 2.24) is 25.4 Å². The summed E-state index contributed by atoms with van der Waals surface area (Å²) in [7, 11) is 0. The van der Waals surface area contributed by atoms with Gasteiger partial charge in [0.05, 0.1) is 0 Å². The SMILES string of the molecule is CCc1ccc(Cl)cc1C(=O)C1CCN(c2cc(-c3nnn(CC(=O)O)n3)on2)CC1. The Balaban J connectivity index is 1.40. The Morgan fingerprint density at radius 3 is 2.74 bits per heavy atom. The predicted molar refractivity (Wildman–Crippen MR) is 111 cm³/mol. The van der Waals surface area contributed by atoms with Crippen molar-refractivity contribution < 1.29 is 19.2 Å². The molecule has 4 rings (SSSR count). The molecule has 0 unspecified atom stereocenters. The van der Waals surface area contributed by atoms with Crippen LogP contribution < -0.4 is 4.90 Å². The molecular weight excluding hydrogens is 424 g/mol. The maximum Gasteiger partial charge on any atom is 0.327 e. The number of tetrazole rings is 1. The number of carboxylic acids is 1. The van der Waals surface area contributed by atoms with E-state index in [0.29, 0.717) is 48.1 Å². The topological polar surface area (TPSA) is 127 Å². The van der Waals surface area contributed by atoms with Gasteiger partial charge in [-0.15, -0.1) is 10.2 Å². The molecule has 1 saturated heterocycles. The zero-order chi connectivity index (χ0) is 22.0. The Bertz CT molecular complexity index is 1100. The molecule has 1 N–H and O–H groups in total. The van der Waals surface area contributed by atoms with Crippen molar-refractivity contribution in [3.8, 4) is 11.6 Å². The van der Waals surface area contributed by atoms with Gasteiger partial charge in [-0.3, -0.25) is 9.59 Å². The van der Waals surface area contributed by atoms with E-state index in [1.54, 1.807) is 12.1 Å². The van der Waals surface area contributed by atoms with Gasteiger partial charge in [-0.25, -0.2) is 0 Å². The number of rotatable bonds is 7. The maximum atomic E-state index is 13.1. The fourth-order valence-electron chi connectivity index (χ4n) is 3.73. The van der Waals surface area contributed by atoms with Crippen LogP contribution in [0, 0.1) is 5.92 Å². The summed E-state index contributed by atoms with van der Waals surface area (Å²) in [6, 6.07) is 7.19. The molecule has 0 aliphatic carbocycles. The molecule has 0 amide bonds. The normalized spacial score (nSPS) is 14.7. The molecule has 1 aliphatic heterocycles. The van der Waals surface area contributed by atoms with E-state index < -0.39 is 5.97 Å². The van der Waals surface area contributed by atoms with Gasteiger partial charge < -0.3 is 14.5 Å². The Labute approximate surface area is 182 Å². The Hall–Kier alpha value is -3.27. The molecule has 3 aromatic rings. The molecule has 1 aliphatic rings. The minimum absolute atomic E-state index is 0.0658. The van der Waals surface area contributed by atoms with Gasteiger partial charge in [-0.05, 0) is 42.2 Å². The summed E-state index contributed by atoms with van der Waals surface area (Å²) in [5, 5.41) is 24.9. The number of halogens is 1. The van der Waals surface area contributed by atoms with Gasteiger partial charge in [0.2, 0.25) is 11.6 Å². The van der Waals surface area contributed by atoms with Crippen LogP contribution in [0.1, 0.15) is 35.7 Å². The summed E-state index contributed by atoms with van der Waals surface area (Å²) < 4.78 is 5.31. The van der Waals surface area contributed by atoms with E-state index in [4.69, 9.17) is 21.2 Å². The van der Waals surface area contributed by atoms with E-state index in [9.17, 15) is 9.59 Å². The van der Waals surface area contributed by atoms with Crippen LogP contribution in [0.2, 0.25) is 5.02 Å². The number of hydrogen-bond donors (Lipinski definition) is 1. The van der Waals surface area contributed by atoms with Gasteiger partial charge in [0.25, 0.3) is 0 Å². The van der Waals surface area contributed by atoms with Gasteiger partial charge in [0.15, 0.2) is 18.1 Å². The van der Waals surface area contributed by atoms with E-state index in [-0.39, 0.29) is 24.1 Å². The predicted octanol–water partition coefficient (Wildman–Crippen LogP) is 2.73. The summed E-state index contributed by atoms with van der Waals surface area (Å²) in [4.78, 5) is 26.8. The molecule has 0 spiro atoms. The highest BCUT2D eigenvalue weighted by Crippen LogP contribution is 2.29. The largest absolute Gasteiger partial charge is 0.480 e. The summed E-state index contributed by atoms with van der Waals surface area (Å²) >= 11 is 6.11. The number of aromatic nitrogens is 5. The number of piperidine rings is 1. The summed E-state index contributed by atoms with van der Waals surface area (Å²) in [5.41, 5.74) is 1.73. The lowest BCUT2D eigenvalue weighted by molar-refractivity contribution is -0.138. The third-order valence-corrected chi connectivity index (χ3v) is 5.59. The fourth-order valence-corrected chi connectivity index (χ4v) is 3.90. The number of hydrogen-bond acceptors (Lipinski definition) is 8. The van der Waals surface area contributed by atoms with Gasteiger partial charge in [-0.1, -0.05) is 29.7 Å². The van der Waals surface area contributed by atoms with Crippen molar-refractivity contribution in [1.29, 1.82) is 0 Å². The number of nitrogens with zero attached hydrogens (tertiary/aromatic N) is 6. The average molecular weight is 445 g/mol. The Morgan fingerprint density at radius 1 is 1.26 bits per heavy atom. The summed E-state index contributed by atoms with van der Waals surface area (Å²) in [6.45, 7) is 2.95. The van der Waals surface area contributed by atoms with Crippen LogP contribution in [0.4, 0.5) is 5.82 Å². The van der Waals surface area contributed by atoms with E-state index >= 15 is 0 Å². The van der Waals surface area contributed by atoms with Crippen molar-refractivity contribution >= 4 is 29.2 Å². The molecule has 2 aromatic heterocycles. The van der Waals surface area contributed by atoms with E-state index in [1.807, 2.05) is 24.0 Å². The highest BCUT2D eigenvalue weighted by molar-refractivity contribution is 6.31. The van der Waals surface area contributed by atoms with Crippen LogP contribution in [-0.2, 0) is 17.8 Å². The minimum atomic E-state index is -1.07. The maximum absolute atomic E-state index is 13.1. The number of ketones is 1. The van der Waals surface area contributed by atoms with Crippen LogP contribution in [-0.4, -0.2) is 55.3 Å². The van der Waals surface area contributed by atoms with Crippen molar-refractivity contribution in [3.05, 3.63) is 40.4 Å². The molecular formula is C20H21ClN6O4. The Morgan fingerprint density at radius 2 is 2.03 bits per heavy atom. The van der Waals surface area contributed by atoms with Gasteiger partial charge in [-0.2, -0.15) is 4.80 Å². The standard InChI is InChI=1S/C20H21ClN6O4/c1-2-12-3-4-14(21)9-15(12)19(30)13-5-7-26(8-6-13)17-10-16(31-24-17)20-22-25-27(23-20)11-18(28)29/h3-4,9-10,13H,2,5-8,11H2,1H3,(H,28,29). The monoisotopic (exact) mass is 444 g/mol. The lowest BCUT2D eigenvalue weighted by Gasteiger charge is -2.31. The molecule has 10 nitrogen and oxygen atoms in total. The minimum Gasteiger partial charge on any atom is -0.480 e. The molecule has 1 fully saturated rings. The third-order valence-electron chi connectivity index (χ3n) is 5.36. The number of aryl methyl sites for hydroxylation is 1. The third kappa shape index (κ3) is 4.58. The van der Waals surface area contributed by atoms with Crippen molar-refractivity contribution in [2.75, 3.05) is 18.0 Å². The molecule has 31 heavy (non-hydrogen) atoms. The molecule has 0 atom stereocenters. The van der Waals surface area contributed by atoms with Gasteiger partial charge in [0, 0.05) is 35.7 Å². The first-order valence-electron chi connectivity index (χ1n) is 9.99. The van der Waals surface area contributed by atoms with Gasteiger partial charge >= 0.3 is 5.97 Å². The van der Waals surface area contributed by atoms with Crippen LogP contribution in [0.15, 0.2) is 28.8 Å². The molecule has 0 bridgehead atoms. The number of benzene rings is 1.